The van der Waals surface area contributed by atoms with Crippen LogP contribution in [0, 0.1) is 6.92 Å². The molecule has 1 amide bonds. The number of nitrogens with zero attached hydrogens (tertiary/aromatic N) is 2. The van der Waals surface area contributed by atoms with Crippen LogP contribution >= 0.6 is 0 Å². The molecule has 0 aliphatic carbocycles. The summed E-state index contributed by atoms with van der Waals surface area (Å²) in [6, 6.07) is 14.2. The molecule has 7 nitrogen and oxygen atoms in total. The number of rotatable bonds is 9. The van der Waals surface area contributed by atoms with Gasteiger partial charge in [-0.1, -0.05) is 37.3 Å². The number of likely N-dealkylation sites (tertiary alicyclic amines) is 1. The fourth-order valence-electron chi connectivity index (χ4n) is 4.74. The summed E-state index contributed by atoms with van der Waals surface area (Å²) in [5.74, 6) is -0.645. The van der Waals surface area contributed by atoms with E-state index in [0.717, 1.165) is 56.8 Å². The molecule has 0 aromatic heterocycles. The predicted octanol–water partition coefficient (Wildman–Crippen LogP) is 3.93. The van der Waals surface area contributed by atoms with Crippen molar-refractivity contribution in [2.45, 2.75) is 32.7 Å². The lowest BCUT2D eigenvalue weighted by molar-refractivity contribution is -0.140. The number of carbonyl (C=O) groups excluding carboxylic acids is 2. The highest BCUT2D eigenvalue weighted by atomic mass is 16.5. The Bertz CT molecular complexity index is 1080. The Balaban J connectivity index is 1.65. The maximum atomic E-state index is 13.2. The largest absolute Gasteiger partial charge is 0.507 e. The second-order valence-electron chi connectivity index (χ2n) is 9.04. The van der Waals surface area contributed by atoms with Crippen LogP contribution in [0.4, 0.5) is 0 Å². The molecule has 0 bridgehead atoms. The maximum Gasteiger partial charge on any atom is 0.295 e. The van der Waals surface area contributed by atoms with E-state index in [0.29, 0.717) is 24.5 Å². The zero-order valence-electron chi connectivity index (χ0n) is 20.5. The molecular weight excluding hydrogens is 444 g/mol. The van der Waals surface area contributed by atoms with E-state index in [9.17, 15) is 14.7 Å². The second kappa shape index (κ2) is 11.5. The summed E-state index contributed by atoms with van der Waals surface area (Å²) in [5.41, 5.74) is 2.25. The highest BCUT2D eigenvalue weighted by molar-refractivity contribution is 6.46. The Labute approximate surface area is 206 Å². The first-order valence-corrected chi connectivity index (χ1v) is 12.4. The molecule has 0 unspecified atom stereocenters. The lowest BCUT2D eigenvalue weighted by atomic mass is 9.94. The third kappa shape index (κ3) is 5.57. The standard InChI is InChI=1S/C28H34N2O5/c1-3-16-35-22-10-11-23(20(2)19-22)26(31)24-25(21-8-5-4-6-9-21)30(28(33)27(24)32)13-7-12-29-14-17-34-18-15-29/h4-6,8-11,19,25,31H,3,7,12-18H2,1-2H3/t25-/m1/s1. The average molecular weight is 479 g/mol. The van der Waals surface area contributed by atoms with E-state index in [4.69, 9.17) is 9.47 Å². The van der Waals surface area contributed by atoms with Gasteiger partial charge >= 0.3 is 0 Å². The first-order chi connectivity index (χ1) is 17.0. The van der Waals surface area contributed by atoms with E-state index in [1.807, 2.05) is 50.2 Å². The van der Waals surface area contributed by atoms with Crippen LogP contribution in [0.5, 0.6) is 5.75 Å². The van der Waals surface area contributed by atoms with Crippen molar-refractivity contribution in [3.8, 4) is 5.75 Å². The molecule has 35 heavy (non-hydrogen) atoms. The third-order valence-corrected chi connectivity index (χ3v) is 6.56. The molecule has 2 aromatic rings. The van der Waals surface area contributed by atoms with Crippen LogP contribution in [0.15, 0.2) is 54.1 Å². The molecular formula is C28H34N2O5. The fourth-order valence-corrected chi connectivity index (χ4v) is 4.74. The summed E-state index contributed by atoms with van der Waals surface area (Å²) in [5, 5.41) is 11.4. The SMILES string of the molecule is CCCOc1ccc(C(O)=C2C(=O)C(=O)N(CCCN3CCOCC3)[C@@H]2c2ccccc2)c(C)c1. The minimum absolute atomic E-state index is 0.137. The minimum atomic E-state index is -0.645. The van der Waals surface area contributed by atoms with Gasteiger partial charge in [0.1, 0.15) is 11.5 Å². The van der Waals surface area contributed by atoms with Crippen LogP contribution in [0.2, 0.25) is 0 Å². The number of carbonyl (C=O) groups is 2. The number of amides is 1. The Morgan fingerprint density at radius 2 is 1.83 bits per heavy atom. The molecule has 0 saturated carbocycles. The van der Waals surface area contributed by atoms with Crippen LogP contribution in [0.1, 0.15) is 42.5 Å². The highest BCUT2D eigenvalue weighted by Crippen LogP contribution is 2.40. The van der Waals surface area contributed by atoms with Crippen molar-refractivity contribution >= 4 is 17.4 Å². The van der Waals surface area contributed by atoms with Gasteiger partial charge in [-0.15, -0.1) is 0 Å². The zero-order valence-corrected chi connectivity index (χ0v) is 20.5. The number of hydrogen-bond donors (Lipinski definition) is 1. The highest BCUT2D eigenvalue weighted by Gasteiger charge is 2.45. The Kier molecular flexibility index (Phi) is 8.21. The van der Waals surface area contributed by atoms with E-state index in [-0.39, 0.29) is 11.3 Å². The Morgan fingerprint density at radius 1 is 1.09 bits per heavy atom. The molecule has 2 fully saturated rings. The summed E-state index contributed by atoms with van der Waals surface area (Å²) in [7, 11) is 0. The van der Waals surface area contributed by atoms with E-state index in [2.05, 4.69) is 4.90 Å². The monoisotopic (exact) mass is 478 g/mol. The third-order valence-electron chi connectivity index (χ3n) is 6.56. The molecule has 4 rings (SSSR count). The minimum Gasteiger partial charge on any atom is -0.507 e. The number of ether oxygens (including phenoxy) is 2. The predicted molar refractivity (Wildman–Crippen MR) is 134 cm³/mol. The molecule has 2 heterocycles. The molecule has 2 aliphatic rings. The fraction of sp³-hybridized carbons (Fsp3) is 0.429. The van der Waals surface area contributed by atoms with Gasteiger partial charge in [0, 0.05) is 31.7 Å². The van der Waals surface area contributed by atoms with Crippen LogP contribution in [-0.4, -0.2) is 72.6 Å². The summed E-state index contributed by atoms with van der Waals surface area (Å²) < 4.78 is 11.1. The number of morpholine rings is 1. The zero-order chi connectivity index (χ0) is 24.8. The van der Waals surface area contributed by atoms with Crippen molar-refractivity contribution < 1.29 is 24.2 Å². The van der Waals surface area contributed by atoms with Crippen molar-refractivity contribution in [2.75, 3.05) is 46.0 Å². The smallest absolute Gasteiger partial charge is 0.295 e. The van der Waals surface area contributed by atoms with Gasteiger partial charge in [-0.2, -0.15) is 0 Å². The van der Waals surface area contributed by atoms with Crippen molar-refractivity contribution in [3.63, 3.8) is 0 Å². The Hall–Kier alpha value is -3.16. The lowest BCUT2D eigenvalue weighted by Crippen LogP contribution is -2.38. The van der Waals surface area contributed by atoms with Gasteiger partial charge in [0.05, 0.1) is 31.4 Å². The number of aliphatic hydroxyl groups excluding tert-OH is 1. The number of hydrogen-bond acceptors (Lipinski definition) is 6. The van der Waals surface area contributed by atoms with E-state index in [1.54, 1.807) is 17.0 Å². The number of ketones is 1. The molecule has 0 spiro atoms. The first-order valence-electron chi connectivity index (χ1n) is 12.4. The van der Waals surface area contributed by atoms with Crippen LogP contribution < -0.4 is 4.74 Å². The summed E-state index contributed by atoms with van der Waals surface area (Å²) >= 11 is 0. The van der Waals surface area contributed by atoms with Gasteiger partial charge < -0.3 is 19.5 Å². The molecule has 0 radical (unpaired) electrons. The molecule has 1 N–H and O–H groups in total. The molecule has 186 valence electrons. The van der Waals surface area contributed by atoms with Gasteiger partial charge in [0.15, 0.2) is 0 Å². The molecule has 2 aliphatic heterocycles. The van der Waals surface area contributed by atoms with Gasteiger partial charge in [-0.3, -0.25) is 14.5 Å². The van der Waals surface area contributed by atoms with E-state index >= 15 is 0 Å². The topological polar surface area (TPSA) is 79.3 Å². The number of benzene rings is 2. The second-order valence-corrected chi connectivity index (χ2v) is 9.04. The van der Waals surface area contributed by atoms with E-state index < -0.39 is 17.7 Å². The van der Waals surface area contributed by atoms with Gasteiger partial charge in [0.25, 0.3) is 11.7 Å². The molecule has 1 atom stereocenters. The number of aryl methyl sites for hydroxylation is 1. The van der Waals surface area contributed by atoms with Gasteiger partial charge in [0.2, 0.25) is 0 Å². The van der Waals surface area contributed by atoms with Crippen LogP contribution in [0.25, 0.3) is 5.76 Å². The molecule has 2 saturated heterocycles. The van der Waals surface area contributed by atoms with Gasteiger partial charge in [-0.05, 0) is 49.1 Å². The van der Waals surface area contributed by atoms with Gasteiger partial charge in [-0.25, -0.2) is 0 Å². The van der Waals surface area contributed by atoms with Crippen molar-refractivity contribution in [1.29, 1.82) is 0 Å². The number of Topliss-reactive ketones (excluding diaryl/α,β-unsaturated/α-hetero) is 1. The van der Waals surface area contributed by atoms with Crippen molar-refractivity contribution in [1.82, 2.24) is 9.80 Å². The summed E-state index contributed by atoms with van der Waals surface area (Å²) in [6.07, 6.45) is 1.63. The van der Waals surface area contributed by atoms with Crippen molar-refractivity contribution in [3.05, 3.63) is 70.8 Å². The van der Waals surface area contributed by atoms with Crippen LogP contribution in [-0.2, 0) is 14.3 Å². The molecule has 7 heteroatoms. The first kappa shape index (κ1) is 24.9. The Morgan fingerprint density at radius 3 is 2.51 bits per heavy atom. The van der Waals surface area contributed by atoms with Crippen LogP contribution in [0.3, 0.4) is 0 Å². The van der Waals surface area contributed by atoms with Crippen molar-refractivity contribution in [2.24, 2.45) is 0 Å². The normalized spacial score (nSPS) is 20.4. The van der Waals surface area contributed by atoms with E-state index in [1.165, 1.54) is 0 Å². The lowest BCUT2D eigenvalue weighted by Gasteiger charge is -2.29. The molecule has 2 aromatic carbocycles. The number of aliphatic hydroxyl groups is 1. The maximum absolute atomic E-state index is 13.2. The average Bonchev–Trinajstić information content (AvgIpc) is 3.13. The quantitative estimate of drug-likeness (QED) is 0.334. The summed E-state index contributed by atoms with van der Waals surface area (Å²) in [6.45, 7) is 8.95. The summed E-state index contributed by atoms with van der Waals surface area (Å²) in [4.78, 5) is 30.3.